The van der Waals surface area contributed by atoms with Crippen LogP contribution in [0.2, 0.25) is 0 Å². The number of hydrogen-bond donors (Lipinski definition) is 2. The van der Waals surface area contributed by atoms with E-state index in [1.165, 1.54) is 10.3 Å². The van der Waals surface area contributed by atoms with Crippen LogP contribution in [0.5, 0.6) is 0 Å². The molecule has 0 atom stereocenters. The molecule has 2 fully saturated rings. The summed E-state index contributed by atoms with van der Waals surface area (Å²) in [6, 6.07) is 2.72. The van der Waals surface area contributed by atoms with Gasteiger partial charge in [-0.1, -0.05) is 0 Å². The molecule has 2 saturated heterocycles. The first-order chi connectivity index (χ1) is 12.7. The van der Waals surface area contributed by atoms with E-state index < -0.39 is 0 Å². The van der Waals surface area contributed by atoms with E-state index in [1.54, 1.807) is 17.7 Å². The van der Waals surface area contributed by atoms with Crippen molar-refractivity contribution in [2.24, 2.45) is 5.41 Å². The topological polar surface area (TPSA) is 70.5 Å². The highest BCUT2D eigenvalue weighted by Gasteiger charge is 2.33. The van der Waals surface area contributed by atoms with Gasteiger partial charge in [-0.25, -0.2) is 9.97 Å². The first kappa shape index (κ1) is 18.1. The lowest BCUT2D eigenvalue weighted by Crippen LogP contribution is -2.48. The van der Waals surface area contributed by atoms with Crippen LogP contribution in [0.25, 0.3) is 10.2 Å². The van der Waals surface area contributed by atoms with Crippen LogP contribution in [0.15, 0.2) is 12.4 Å². The zero-order chi connectivity index (χ0) is 18.0. The highest BCUT2D eigenvalue weighted by Crippen LogP contribution is 2.32. The van der Waals surface area contributed by atoms with Gasteiger partial charge < -0.3 is 20.1 Å². The number of aliphatic hydroxyl groups is 1. The molecule has 0 aromatic carbocycles. The highest BCUT2D eigenvalue weighted by molar-refractivity contribution is 7.18. The standard InChI is InChI=1S/C19H28N4O2S/c1-14-10-16-17(21-13-22-18(16)26-14)23-6-2-15(3-7-23)20-11-19(12-24)4-8-25-9-5-19/h10,13,15,20,24H,2-9,11-12H2,1H3. The third kappa shape index (κ3) is 3.71. The predicted octanol–water partition coefficient (Wildman–Crippen LogP) is 2.35. The molecule has 0 amide bonds. The molecule has 2 aliphatic heterocycles. The summed E-state index contributed by atoms with van der Waals surface area (Å²) in [6.45, 7) is 6.81. The average molecular weight is 377 g/mol. The van der Waals surface area contributed by atoms with E-state index in [2.05, 4.69) is 33.2 Å². The predicted molar refractivity (Wildman–Crippen MR) is 105 cm³/mol. The van der Waals surface area contributed by atoms with E-state index in [1.807, 2.05) is 0 Å². The van der Waals surface area contributed by atoms with Crippen molar-refractivity contribution in [1.29, 1.82) is 0 Å². The number of nitrogens with zero attached hydrogens (tertiary/aromatic N) is 3. The summed E-state index contributed by atoms with van der Waals surface area (Å²) in [6.07, 6.45) is 5.80. The van der Waals surface area contributed by atoms with Gasteiger partial charge in [0.2, 0.25) is 0 Å². The van der Waals surface area contributed by atoms with Crippen molar-refractivity contribution in [3.05, 3.63) is 17.3 Å². The Morgan fingerprint density at radius 1 is 1.31 bits per heavy atom. The Labute approximate surface area is 158 Å². The molecular formula is C19H28N4O2S. The average Bonchev–Trinajstić information content (AvgIpc) is 3.08. The summed E-state index contributed by atoms with van der Waals surface area (Å²) in [5.74, 6) is 1.08. The van der Waals surface area contributed by atoms with Crippen LogP contribution >= 0.6 is 11.3 Å². The molecule has 0 spiro atoms. The van der Waals surface area contributed by atoms with E-state index >= 15 is 0 Å². The van der Waals surface area contributed by atoms with Gasteiger partial charge in [-0.3, -0.25) is 0 Å². The van der Waals surface area contributed by atoms with Gasteiger partial charge in [0.25, 0.3) is 0 Å². The van der Waals surface area contributed by atoms with E-state index in [4.69, 9.17) is 4.74 Å². The second kappa shape index (κ2) is 7.76. The van der Waals surface area contributed by atoms with Gasteiger partial charge in [-0.05, 0) is 38.7 Å². The van der Waals surface area contributed by atoms with E-state index in [-0.39, 0.29) is 12.0 Å². The lowest BCUT2D eigenvalue weighted by molar-refractivity contribution is -0.0168. The van der Waals surface area contributed by atoms with E-state index in [9.17, 15) is 5.11 Å². The Morgan fingerprint density at radius 3 is 2.81 bits per heavy atom. The number of aryl methyl sites for hydroxylation is 1. The van der Waals surface area contributed by atoms with Gasteiger partial charge in [0, 0.05) is 49.2 Å². The third-order valence-electron chi connectivity index (χ3n) is 5.88. The molecule has 0 aliphatic carbocycles. The molecular weight excluding hydrogens is 348 g/mol. The maximum absolute atomic E-state index is 9.85. The van der Waals surface area contributed by atoms with Crippen molar-refractivity contribution >= 4 is 27.4 Å². The van der Waals surface area contributed by atoms with Crippen LogP contribution in [0.1, 0.15) is 30.6 Å². The summed E-state index contributed by atoms with van der Waals surface area (Å²) >= 11 is 1.73. The zero-order valence-electron chi connectivity index (χ0n) is 15.4. The SMILES string of the molecule is Cc1cc2c(N3CCC(NCC4(CO)CCOCC4)CC3)ncnc2s1. The number of nitrogens with one attached hydrogen (secondary N) is 1. The van der Waals surface area contributed by atoms with Crippen LogP contribution in [0.3, 0.4) is 0 Å². The number of anilines is 1. The minimum Gasteiger partial charge on any atom is -0.396 e. The van der Waals surface area contributed by atoms with Crippen molar-refractivity contribution < 1.29 is 9.84 Å². The molecule has 2 aromatic rings. The van der Waals surface area contributed by atoms with Gasteiger partial charge in [-0.15, -0.1) is 11.3 Å². The fraction of sp³-hybridized carbons (Fsp3) is 0.684. The molecule has 2 N–H and O–H groups in total. The van der Waals surface area contributed by atoms with Crippen molar-refractivity contribution in [1.82, 2.24) is 15.3 Å². The van der Waals surface area contributed by atoms with Gasteiger partial charge in [0.15, 0.2) is 0 Å². The zero-order valence-corrected chi connectivity index (χ0v) is 16.2. The molecule has 142 valence electrons. The van der Waals surface area contributed by atoms with E-state index in [0.29, 0.717) is 6.04 Å². The van der Waals surface area contributed by atoms with Crippen molar-refractivity contribution in [3.63, 3.8) is 0 Å². The summed E-state index contributed by atoms with van der Waals surface area (Å²) in [5.41, 5.74) is 0.00239. The largest absolute Gasteiger partial charge is 0.396 e. The van der Waals surface area contributed by atoms with Crippen LogP contribution < -0.4 is 10.2 Å². The van der Waals surface area contributed by atoms with Gasteiger partial charge in [0.05, 0.1) is 12.0 Å². The Balaban J connectivity index is 1.35. The summed E-state index contributed by atoms with van der Waals surface area (Å²) < 4.78 is 5.46. The summed E-state index contributed by atoms with van der Waals surface area (Å²) in [7, 11) is 0. The molecule has 6 nitrogen and oxygen atoms in total. The summed E-state index contributed by atoms with van der Waals surface area (Å²) in [4.78, 5) is 13.7. The number of hydrogen-bond acceptors (Lipinski definition) is 7. The Hall–Kier alpha value is -1.28. The maximum atomic E-state index is 9.85. The van der Waals surface area contributed by atoms with E-state index in [0.717, 1.165) is 69.2 Å². The lowest BCUT2D eigenvalue weighted by atomic mass is 9.80. The Kier molecular flexibility index (Phi) is 5.40. The molecule has 26 heavy (non-hydrogen) atoms. The second-order valence-corrected chi connectivity index (χ2v) is 8.92. The van der Waals surface area contributed by atoms with Crippen LogP contribution in [-0.4, -0.2) is 60.6 Å². The number of rotatable bonds is 5. The number of aliphatic hydroxyl groups excluding tert-OH is 1. The minimum absolute atomic E-state index is 0.00239. The first-order valence-electron chi connectivity index (χ1n) is 9.57. The fourth-order valence-corrected chi connectivity index (χ4v) is 4.91. The van der Waals surface area contributed by atoms with Crippen LogP contribution in [0, 0.1) is 12.3 Å². The Bertz CT molecular complexity index is 736. The monoisotopic (exact) mass is 376 g/mol. The molecule has 0 radical (unpaired) electrons. The maximum Gasteiger partial charge on any atom is 0.140 e. The normalized spacial score (nSPS) is 21.4. The molecule has 0 saturated carbocycles. The quantitative estimate of drug-likeness (QED) is 0.835. The Morgan fingerprint density at radius 2 is 2.08 bits per heavy atom. The van der Waals surface area contributed by atoms with Crippen LogP contribution in [-0.2, 0) is 4.74 Å². The van der Waals surface area contributed by atoms with Crippen molar-refractivity contribution in [3.8, 4) is 0 Å². The molecule has 4 rings (SSSR count). The second-order valence-electron chi connectivity index (χ2n) is 7.69. The number of aromatic nitrogens is 2. The van der Waals surface area contributed by atoms with Crippen molar-refractivity contribution in [2.75, 3.05) is 44.4 Å². The number of fused-ring (bicyclic) bond motifs is 1. The highest BCUT2D eigenvalue weighted by atomic mass is 32.1. The minimum atomic E-state index is 0.00239. The lowest BCUT2D eigenvalue weighted by Gasteiger charge is -2.39. The molecule has 4 heterocycles. The van der Waals surface area contributed by atoms with Gasteiger partial charge >= 0.3 is 0 Å². The first-order valence-corrected chi connectivity index (χ1v) is 10.4. The molecule has 7 heteroatoms. The van der Waals surface area contributed by atoms with Crippen LogP contribution in [0.4, 0.5) is 5.82 Å². The number of piperidine rings is 1. The molecule has 0 unspecified atom stereocenters. The smallest absolute Gasteiger partial charge is 0.140 e. The van der Waals surface area contributed by atoms with Crippen molar-refractivity contribution in [2.45, 2.75) is 38.6 Å². The van der Waals surface area contributed by atoms with Gasteiger partial charge in [-0.2, -0.15) is 0 Å². The molecule has 2 aliphatic rings. The summed E-state index contributed by atoms with van der Waals surface area (Å²) in [5, 5.41) is 14.8. The fourth-order valence-electron chi connectivity index (χ4n) is 4.07. The molecule has 2 aromatic heterocycles. The third-order valence-corrected chi connectivity index (χ3v) is 6.84. The number of ether oxygens (including phenoxy) is 1. The number of thiophene rings is 1. The van der Waals surface area contributed by atoms with Gasteiger partial charge in [0.1, 0.15) is 17.0 Å². The molecule has 0 bridgehead atoms.